The van der Waals surface area contributed by atoms with Gasteiger partial charge in [-0.2, -0.15) is 18.3 Å². The molecule has 0 saturated heterocycles. The van der Waals surface area contributed by atoms with Gasteiger partial charge >= 0.3 is 6.18 Å². The summed E-state index contributed by atoms with van der Waals surface area (Å²) in [6.45, 7) is 1.88. The molecule has 0 spiro atoms. The van der Waals surface area contributed by atoms with Crippen molar-refractivity contribution in [3.8, 4) is 11.4 Å². The van der Waals surface area contributed by atoms with Crippen molar-refractivity contribution in [3.63, 3.8) is 0 Å². The molecule has 1 aromatic carbocycles. The van der Waals surface area contributed by atoms with E-state index in [-0.39, 0.29) is 23.1 Å². The maximum Gasteiger partial charge on any atom is 0.423 e. The fourth-order valence-electron chi connectivity index (χ4n) is 4.05. The average molecular weight is 549 g/mol. The molecule has 13 heteroatoms. The summed E-state index contributed by atoms with van der Waals surface area (Å²) in [7, 11) is 0. The van der Waals surface area contributed by atoms with E-state index >= 15 is 0 Å². The van der Waals surface area contributed by atoms with E-state index in [1.165, 1.54) is 10.6 Å². The predicted molar refractivity (Wildman–Crippen MR) is 135 cm³/mol. The second-order valence-corrected chi connectivity index (χ2v) is 9.22. The lowest BCUT2D eigenvalue weighted by molar-refractivity contribution is -0.138. The van der Waals surface area contributed by atoms with Crippen LogP contribution in [0, 0.1) is 5.82 Å². The van der Waals surface area contributed by atoms with Crippen LogP contribution in [0.2, 0.25) is 0 Å². The van der Waals surface area contributed by atoms with Gasteiger partial charge in [-0.05, 0) is 54.3 Å². The van der Waals surface area contributed by atoms with Gasteiger partial charge in [-0.25, -0.2) is 23.8 Å². The summed E-state index contributed by atoms with van der Waals surface area (Å²) in [5, 5.41) is 5.56. The van der Waals surface area contributed by atoms with Gasteiger partial charge in [0.25, 0.3) is 11.1 Å². The Morgan fingerprint density at radius 2 is 1.85 bits per heavy atom. The Morgan fingerprint density at radius 1 is 1.15 bits per heavy atom. The Kier molecular flexibility index (Phi) is 8.07. The Labute approximate surface area is 218 Å². The first-order valence-electron chi connectivity index (χ1n) is 12.2. The van der Waals surface area contributed by atoms with Crippen molar-refractivity contribution >= 4 is 16.5 Å². The summed E-state index contributed by atoms with van der Waals surface area (Å²) >= 11 is 0. The number of benzene rings is 1. The normalized spacial score (nSPS) is 14.1. The van der Waals surface area contributed by atoms with E-state index in [2.05, 4.69) is 15.1 Å². The van der Waals surface area contributed by atoms with Crippen LogP contribution in [0.15, 0.2) is 52.6 Å². The van der Waals surface area contributed by atoms with Gasteiger partial charge in [-0.1, -0.05) is 13.3 Å². The number of fused-ring (bicyclic) bond motifs is 1. The van der Waals surface area contributed by atoms with Crippen molar-refractivity contribution in [3.05, 3.63) is 80.6 Å². The van der Waals surface area contributed by atoms with Gasteiger partial charge < -0.3 is 10.3 Å². The molecule has 8 nitrogen and oxygen atoms in total. The van der Waals surface area contributed by atoms with Crippen LogP contribution in [0.4, 0.5) is 27.6 Å². The van der Waals surface area contributed by atoms with Crippen LogP contribution in [0.5, 0.6) is 0 Å². The van der Waals surface area contributed by atoms with Crippen molar-refractivity contribution in [1.29, 1.82) is 0 Å². The molecule has 3 N–H and O–H groups in total. The summed E-state index contributed by atoms with van der Waals surface area (Å²) < 4.78 is 65.8. The van der Waals surface area contributed by atoms with Crippen molar-refractivity contribution in [2.75, 3.05) is 5.73 Å². The summed E-state index contributed by atoms with van der Waals surface area (Å²) in [6, 6.07) is 4.49. The topological polar surface area (TPSA) is 120 Å². The fourth-order valence-corrected chi connectivity index (χ4v) is 4.05. The number of H-pyrrole nitrogens is 1. The fraction of sp³-hybridized carbons (Fsp3) is 0.346. The van der Waals surface area contributed by atoms with Gasteiger partial charge in [0.15, 0.2) is 5.82 Å². The lowest BCUT2D eigenvalue weighted by Crippen LogP contribution is -2.24. The van der Waals surface area contributed by atoms with Gasteiger partial charge in [0.05, 0.1) is 29.4 Å². The zero-order valence-corrected chi connectivity index (χ0v) is 20.8. The van der Waals surface area contributed by atoms with Crippen LogP contribution >= 0.6 is 0 Å². The minimum Gasteiger partial charge on any atom is -0.397 e. The van der Waals surface area contributed by atoms with E-state index in [9.17, 15) is 31.5 Å². The molecule has 1 saturated carbocycles. The molecule has 1 unspecified atom stereocenters. The number of nitrogen functional groups attached to an aromatic ring is 1. The first kappa shape index (κ1) is 27.9. The first-order chi connectivity index (χ1) is 18.5. The monoisotopic (exact) mass is 548 g/mol. The number of nitrogens with two attached hydrogens (primary N) is 1. The molecular formula is C26H25F5N6O2. The van der Waals surface area contributed by atoms with Crippen LogP contribution in [-0.2, 0) is 12.7 Å². The Bertz CT molecular complexity index is 1580. The molecule has 0 bridgehead atoms. The van der Waals surface area contributed by atoms with Gasteiger partial charge in [0, 0.05) is 18.6 Å². The quantitative estimate of drug-likeness (QED) is 0.328. The number of nitrogens with zero attached hydrogens (tertiary/aromatic N) is 4. The molecule has 0 radical (unpaired) electrons. The number of aromatic amines is 1. The largest absolute Gasteiger partial charge is 0.423 e. The minimum absolute atomic E-state index is 0.0161. The highest BCUT2D eigenvalue weighted by atomic mass is 19.4. The molecule has 0 amide bonds. The van der Waals surface area contributed by atoms with E-state index in [1.54, 1.807) is 35.8 Å². The number of hydrogen-bond acceptors (Lipinski definition) is 6. The van der Waals surface area contributed by atoms with Crippen molar-refractivity contribution in [2.45, 2.75) is 57.4 Å². The van der Waals surface area contributed by atoms with E-state index in [4.69, 9.17) is 5.73 Å². The van der Waals surface area contributed by atoms with E-state index < -0.39 is 35.0 Å². The number of nitrogens with one attached hydrogen (secondary N) is 1. The number of pyridine rings is 1. The molecule has 3 heterocycles. The number of anilines is 1. The third-order valence-electron chi connectivity index (χ3n) is 6.19. The minimum atomic E-state index is -4.74. The van der Waals surface area contributed by atoms with E-state index in [0.717, 1.165) is 24.6 Å². The lowest BCUT2D eigenvalue weighted by atomic mass is 10.1. The zero-order valence-electron chi connectivity index (χ0n) is 20.8. The van der Waals surface area contributed by atoms with Crippen LogP contribution in [0.3, 0.4) is 0 Å². The maximum atomic E-state index is 14.7. The highest BCUT2D eigenvalue weighted by Crippen LogP contribution is 2.39. The number of halogens is 5. The number of aromatic nitrogens is 5. The van der Waals surface area contributed by atoms with Crippen molar-refractivity contribution in [1.82, 2.24) is 24.7 Å². The second kappa shape index (κ2) is 11.3. The number of alkyl halides is 4. The smallest absolute Gasteiger partial charge is 0.397 e. The van der Waals surface area contributed by atoms with E-state index in [1.807, 2.05) is 6.92 Å². The number of rotatable bonds is 6. The van der Waals surface area contributed by atoms with Crippen LogP contribution < -0.4 is 16.9 Å². The molecule has 4 aromatic rings. The Hall–Kier alpha value is -4.16. The Morgan fingerprint density at radius 3 is 2.41 bits per heavy atom. The molecule has 5 rings (SSSR count). The third kappa shape index (κ3) is 6.47. The first-order valence-corrected chi connectivity index (χ1v) is 12.2. The van der Waals surface area contributed by atoms with Gasteiger partial charge in [0.2, 0.25) is 0 Å². The highest BCUT2D eigenvalue weighted by molar-refractivity contribution is 5.86. The highest BCUT2D eigenvalue weighted by Gasteiger charge is 2.36. The predicted octanol–water partition coefficient (Wildman–Crippen LogP) is 4.98. The standard InChI is InChI=1S/C21H21F2N3O.C5H4F3N3O/c1-2-3-16(22)12-26-7-6-14-8-18(19(23)9-17(14)21(26)27)20-24-10-15(11-25-20)13-4-5-13;6-5(7,8)3-2(9)1-10-11-4(3)12/h6-11,13,16H,2-5,12H2,1H3;1H,(H3,9,11,12). The van der Waals surface area contributed by atoms with Gasteiger partial charge in [-0.3, -0.25) is 9.59 Å². The van der Waals surface area contributed by atoms with Crippen LogP contribution in [0.1, 0.15) is 49.7 Å². The summed E-state index contributed by atoms with van der Waals surface area (Å²) in [4.78, 5) is 31.7. The second-order valence-electron chi connectivity index (χ2n) is 9.22. The van der Waals surface area contributed by atoms with E-state index in [0.29, 0.717) is 30.0 Å². The molecule has 0 aliphatic heterocycles. The van der Waals surface area contributed by atoms with Gasteiger partial charge in [0.1, 0.15) is 17.6 Å². The molecule has 206 valence electrons. The summed E-state index contributed by atoms with van der Waals surface area (Å²) in [5.41, 5.74) is 2.45. The van der Waals surface area contributed by atoms with Crippen molar-refractivity contribution in [2.24, 2.45) is 0 Å². The molecular weight excluding hydrogens is 523 g/mol. The zero-order chi connectivity index (χ0) is 28.3. The molecule has 1 atom stereocenters. The van der Waals surface area contributed by atoms with Crippen LogP contribution in [-0.4, -0.2) is 30.9 Å². The Balaban J connectivity index is 0.000000247. The molecule has 3 aromatic heterocycles. The maximum absolute atomic E-state index is 14.7. The third-order valence-corrected chi connectivity index (χ3v) is 6.19. The molecule has 39 heavy (non-hydrogen) atoms. The van der Waals surface area contributed by atoms with Gasteiger partial charge in [-0.15, -0.1) is 0 Å². The summed E-state index contributed by atoms with van der Waals surface area (Å²) in [5.74, 6) is 0.280. The molecule has 1 fully saturated rings. The number of hydrogen-bond donors (Lipinski definition) is 2. The van der Waals surface area contributed by atoms with Crippen LogP contribution in [0.25, 0.3) is 22.2 Å². The average Bonchev–Trinajstić information content (AvgIpc) is 3.71. The lowest BCUT2D eigenvalue weighted by Gasteiger charge is -2.11. The SMILES string of the molecule is CCCC(F)Cn1ccc2cc(-c3ncc(C4CC4)cn3)c(F)cc2c1=O.Nc1cn[nH]c(=O)c1C(F)(F)F. The van der Waals surface area contributed by atoms with Crippen molar-refractivity contribution < 1.29 is 22.0 Å². The molecule has 1 aliphatic carbocycles. The molecule has 1 aliphatic rings. The summed E-state index contributed by atoms with van der Waals surface area (Å²) in [6.07, 6.45) is 3.37.